The minimum atomic E-state index is -0.0339. The van der Waals surface area contributed by atoms with Crippen LogP contribution in [0.3, 0.4) is 0 Å². The summed E-state index contributed by atoms with van der Waals surface area (Å²) in [7, 11) is 0. The Hall–Kier alpha value is -3.81. The number of hydrogen-bond donors (Lipinski definition) is 0. The summed E-state index contributed by atoms with van der Waals surface area (Å²) in [5, 5.41) is 5.17. The maximum absolute atomic E-state index is 13.0. The van der Waals surface area contributed by atoms with Crippen molar-refractivity contribution >= 4 is 22.8 Å². The Morgan fingerprint density at radius 3 is 2.57 bits per heavy atom. The molecular weight excluding hydrogens is 464 g/mol. The highest BCUT2D eigenvalue weighted by Crippen LogP contribution is 2.34. The van der Waals surface area contributed by atoms with E-state index in [2.05, 4.69) is 67.0 Å². The molecule has 3 aromatic heterocycles. The van der Waals surface area contributed by atoms with Crippen molar-refractivity contribution < 1.29 is 9.32 Å². The van der Waals surface area contributed by atoms with Crippen molar-refractivity contribution in [3.8, 4) is 11.3 Å². The summed E-state index contributed by atoms with van der Waals surface area (Å²) in [6.07, 6.45) is 5.51. The fourth-order valence-corrected chi connectivity index (χ4v) is 4.72. The lowest BCUT2D eigenvalue weighted by molar-refractivity contribution is -0.132. The number of benzene rings is 1. The van der Waals surface area contributed by atoms with Crippen LogP contribution in [0, 0.1) is 12.3 Å². The summed E-state index contributed by atoms with van der Waals surface area (Å²) in [5.74, 6) is 1.70. The first-order chi connectivity index (χ1) is 17.8. The molecule has 1 fully saturated rings. The van der Waals surface area contributed by atoms with Crippen LogP contribution in [0.5, 0.6) is 0 Å². The molecule has 5 rings (SSSR count). The highest BCUT2D eigenvalue weighted by atomic mass is 16.5. The summed E-state index contributed by atoms with van der Waals surface area (Å²) in [6, 6.07) is 12.3. The van der Waals surface area contributed by atoms with Crippen molar-refractivity contribution in [3.05, 3.63) is 65.7 Å². The van der Waals surface area contributed by atoms with Crippen molar-refractivity contribution in [1.29, 1.82) is 0 Å². The van der Waals surface area contributed by atoms with Gasteiger partial charge in [0, 0.05) is 57.0 Å². The van der Waals surface area contributed by atoms with Gasteiger partial charge in [-0.2, -0.15) is 4.98 Å². The number of pyridine rings is 1. The van der Waals surface area contributed by atoms with Gasteiger partial charge in [-0.25, -0.2) is 4.98 Å². The first-order valence-corrected chi connectivity index (χ1v) is 12.9. The van der Waals surface area contributed by atoms with E-state index in [1.807, 2.05) is 17.0 Å². The quantitative estimate of drug-likeness (QED) is 0.380. The molecule has 0 spiro atoms. The smallest absolute Gasteiger partial charge is 0.263 e. The van der Waals surface area contributed by atoms with Crippen molar-refractivity contribution in [2.24, 2.45) is 5.41 Å². The maximum atomic E-state index is 13.0. The number of amides is 1. The number of aryl methyl sites for hydroxylation is 1. The first kappa shape index (κ1) is 24.9. The van der Waals surface area contributed by atoms with Gasteiger partial charge in [0.1, 0.15) is 22.7 Å². The van der Waals surface area contributed by atoms with Gasteiger partial charge in [-0.1, -0.05) is 55.8 Å². The lowest BCUT2D eigenvalue weighted by atomic mass is 9.91. The lowest BCUT2D eigenvalue weighted by Gasteiger charge is -2.26. The van der Waals surface area contributed by atoms with Crippen LogP contribution in [0.1, 0.15) is 50.6 Å². The number of rotatable bonds is 5. The molecule has 4 aromatic rings. The zero-order chi connectivity index (χ0) is 26.0. The minimum absolute atomic E-state index is 0.0339. The standard InChI is InChI=1S/C29H34N6O2/c1-20-8-10-21(11-9-20)17-23-31-27(25-26(33-37-28(25)32-23)22-7-5-12-30-19-22)35-14-6-13-34(15-16-35)24(36)18-29(2,3)4/h5,7-12,19H,6,13-18H2,1-4H3. The molecule has 1 aliphatic rings. The molecule has 0 atom stereocenters. The second-order valence-corrected chi connectivity index (χ2v) is 11.0. The Morgan fingerprint density at radius 1 is 1.03 bits per heavy atom. The Balaban J connectivity index is 1.51. The van der Waals surface area contributed by atoms with E-state index in [1.165, 1.54) is 5.56 Å². The number of carbonyl (C=O) groups is 1. The molecule has 4 heterocycles. The zero-order valence-electron chi connectivity index (χ0n) is 22.1. The summed E-state index contributed by atoms with van der Waals surface area (Å²) in [4.78, 5) is 31.3. The third kappa shape index (κ3) is 5.79. The van der Waals surface area contributed by atoms with Gasteiger partial charge in [-0.3, -0.25) is 9.78 Å². The fraction of sp³-hybridized carbons (Fsp3) is 0.414. The second kappa shape index (κ2) is 10.3. The molecule has 8 heteroatoms. The molecule has 192 valence electrons. The number of carbonyl (C=O) groups excluding carboxylic acids is 1. The third-order valence-corrected chi connectivity index (χ3v) is 6.61. The van der Waals surface area contributed by atoms with Crippen molar-refractivity contribution in [2.75, 3.05) is 31.1 Å². The van der Waals surface area contributed by atoms with Gasteiger partial charge in [-0.15, -0.1) is 0 Å². The summed E-state index contributed by atoms with van der Waals surface area (Å²) >= 11 is 0. The van der Waals surface area contributed by atoms with Gasteiger partial charge in [0.15, 0.2) is 0 Å². The van der Waals surface area contributed by atoms with E-state index in [0.29, 0.717) is 43.2 Å². The van der Waals surface area contributed by atoms with Gasteiger partial charge < -0.3 is 14.3 Å². The molecule has 0 unspecified atom stereocenters. The van der Waals surface area contributed by atoms with E-state index in [4.69, 9.17) is 14.5 Å². The van der Waals surface area contributed by atoms with Crippen LogP contribution in [0.25, 0.3) is 22.4 Å². The second-order valence-electron chi connectivity index (χ2n) is 11.0. The van der Waals surface area contributed by atoms with Gasteiger partial charge in [0.25, 0.3) is 5.71 Å². The molecule has 0 aliphatic carbocycles. The summed E-state index contributed by atoms with van der Waals surface area (Å²) in [6.45, 7) is 11.3. The molecule has 37 heavy (non-hydrogen) atoms. The van der Waals surface area contributed by atoms with E-state index < -0.39 is 0 Å². The average Bonchev–Trinajstić information content (AvgIpc) is 3.13. The summed E-state index contributed by atoms with van der Waals surface area (Å²) in [5.41, 5.74) is 4.33. The SMILES string of the molecule is Cc1ccc(Cc2nc(N3CCCN(C(=O)CC(C)(C)C)CC3)c3c(-c4cccnc4)noc3n2)cc1. The van der Waals surface area contributed by atoms with E-state index in [1.54, 1.807) is 12.4 Å². The van der Waals surface area contributed by atoms with Crippen LogP contribution < -0.4 is 4.90 Å². The highest BCUT2D eigenvalue weighted by Gasteiger charge is 2.27. The Morgan fingerprint density at radius 2 is 1.84 bits per heavy atom. The normalized spacial score (nSPS) is 14.7. The van der Waals surface area contributed by atoms with Gasteiger partial charge in [0.05, 0.1) is 0 Å². The van der Waals surface area contributed by atoms with Crippen molar-refractivity contribution in [1.82, 2.24) is 25.0 Å². The van der Waals surface area contributed by atoms with E-state index in [9.17, 15) is 4.79 Å². The monoisotopic (exact) mass is 498 g/mol. The molecule has 1 amide bonds. The minimum Gasteiger partial charge on any atom is -0.354 e. The molecule has 1 aliphatic heterocycles. The molecule has 8 nitrogen and oxygen atoms in total. The van der Waals surface area contributed by atoms with E-state index in [-0.39, 0.29) is 11.3 Å². The first-order valence-electron chi connectivity index (χ1n) is 12.9. The molecule has 1 saturated heterocycles. The molecular formula is C29H34N6O2. The molecule has 0 radical (unpaired) electrons. The number of fused-ring (bicyclic) bond motifs is 1. The highest BCUT2D eigenvalue weighted by molar-refractivity contribution is 5.98. The summed E-state index contributed by atoms with van der Waals surface area (Å²) < 4.78 is 5.76. The Labute approximate surface area is 217 Å². The van der Waals surface area contributed by atoms with Gasteiger partial charge >= 0.3 is 0 Å². The van der Waals surface area contributed by atoms with Crippen LogP contribution in [-0.4, -0.2) is 57.1 Å². The zero-order valence-corrected chi connectivity index (χ0v) is 22.1. The van der Waals surface area contributed by atoms with Crippen molar-refractivity contribution in [3.63, 3.8) is 0 Å². The van der Waals surface area contributed by atoms with E-state index >= 15 is 0 Å². The predicted molar refractivity (Wildman–Crippen MR) is 144 cm³/mol. The van der Waals surface area contributed by atoms with Gasteiger partial charge in [-0.05, 0) is 36.5 Å². The van der Waals surface area contributed by atoms with E-state index in [0.717, 1.165) is 41.8 Å². The topological polar surface area (TPSA) is 88.3 Å². The molecule has 0 saturated carbocycles. The lowest BCUT2D eigenvalue weighted by Crippen LogP contribution is -2.37. The Kier molecular flexibility index (Phi) is 6.91. The molecule has 0 N–H and O–H groups in total. The molecule has 0 bridgehead atoms. The van der Waals surface area contributed by atoms with Crippen LogP contribution in [0.2, 0.25) is 0 Å². The largest absolute Gasteiger partial charge is 0.354 e. The number of aromatic nitrogens is 4. The number of anilines is 1. The number of nitrogens with zero attached hydrogens (tertiary/aromatic N) is 6. The van der Waals surface area contributed by atoms with Crippen LogP contribution in [0.15, 0.2) is 53.3 Å². The van der Waals surface area contributed by atoms with Gasteiger partial charge in [0.2, 0.25) is 5.91 Å². The van der Waals surface area contributed by atoms with Crippen LogP contribution in [0.4, 0.5) is 5.82 Å². The fourth-order valence-electron chi connectivity index (χ4n) is 4.72. The predicted octanol–water partition coefficient (Wildman–Crippen LogP) is 5.05. The third-order valence-electron chi connectivity index (χ3n) is 6.61. The van der Waals surface area contributed by atoms with Crippen molar-refractivity contribution in [2.45, 2.75) is 47.0 Å². The van der Waals surface area contributed by atoms with Crippen LogP contribution in [-0.2, 0) is 11.2 Å². The number of hydrogen-bond acceptors (Lipinski definition) is 7. The Bertz CT molecular complexity index is 1380. The van der Waals surface area contributed by atoms with Crippen LogP contribution >= 0.6 is 0 Å². The molecule has 1 aromatic carbocycles. The maximum Gasteiger partial charge on any atom is 0.263 e. The average molecular weight is 499 g/mol.